The van der Waals surface area contributed by atoms with E-state index >= 15 is 0 Å². The number of benzene rings is 1. The Morgan fingerprint density at radius 3 is 2.65 bits per heavy atom. The lowest BCUT2D eigenvalue weighted by Crippen LogP contribution is -2.30. The van der Waals surface area contributed by atoms with Crippen LogP contribution in [0.3, 0.4) is 0 Å². The van der Waals surface area contributed by atoms with Gasteiger partial charge in [0.2, 0.25) is 5.91 Å². The van der Waals surface area contributed by atoms with Crippen LogP contribution >= 0.6 is 0 Å². The van der Waals surface area contributed by atoms with Crippen LogP contribution in [0.15, 0.2) is 24.3 Å². The van der Waals surface area contributed by atoms with Crippen molar-refractivity contribution in [2.45, 2.75) is 32.7 Å². The number of rotatable bonds is 4. The molecule has 3 nitrogen and oxygen atoms in total. The van der Waals surface area contributed by atoms with Gasteiger partial charge in [-0.05, 0) is 24.5 Å². The highest BCUT2D eigenvalue weighted by atomic mass is 16.2. The number of hydrogen-bond donors (Lipinski definition) is 0. The molecule has 90 valence electrons. The van der Waals surface area contributed by atoms with E-state index in [2.05, 4.69) is 6.07 Å². The van der Waals surface area contributed by atoms with Gasteiger partial charge in [0.25, 0.3) is 0 Å². The van der Waals surface area contributed by atoms with Crippen LogP contribution in [0.5, 0.6) is 0 Å². The molecule has 0 saturated heterocycles. The lowest BCUT2D eigenvalue weighted by molar-refractivity contribution is -0.131. The van der Waals surface area contributed by atoms with E-state index in [0.29, 0.717) is 6.42 Å². The molecular weight excluding hydrogens is 212 g/mol. The molecule has 0 fully saturated rings. The van der Waals surface area contributed by atoms with Crippen LogP contribution in [-0.4, -0.2) is 17.9 Å². The summed E-state index contributed by atoms with van der Waals surface area (Å²) < 4.78 is 0. The molecule has 0 spiro atoms. The normalized spacial score (nSPS) is 11.6. The molecule has 1 aromatic rings. The fraction of sp³-hybridized carbons (Fsp3) is 0.429. The van der Waals surface area contributed by atoms with Crippen LogP contribution in [0.1, 0.15) is 36.9 Å². The molecule has 0 aliphatic heterocycles. The Labute approximate surface area is 103 Å². The Hall–Kier alpha value is -1.82. The Morgan fingerprint density at radius 2 is 2.12 bits per heavy atom. The van der Waals surface area contributed by atoms with Gasteiger partial charge in [0, 0.05) is 13.5 Å². The topological polar surface area (TPSA) is 44.1 Å². The van der Waals surface area contributed by atoms with Gasteiger partial charge in [-0.2, -0.15) is 5.26 Å². The van der Waals surface area contributed by atoms with Crippen molar-refractivity contribution < 1.29 is 4.79 Å². The molecule has 1 amide bonds. The van der Waals surface area contributed by atoms with Crippen molar-refractivity contribution in [3.05, 3.63) is 35.4 Å². The van der Waals surface area contributed by atoms with Crippen LogP contribution in [0.25, 0.3) is 0 Å². The third-order valence-corrected chi connectivity index (χ3v) is 2.85. The summed E-state index contributed by atoms with van der Waals surface area (Å²) in [5.74, 6) is 0.0160. The summed E-state index contributed by atoms with van der Waals surface area (Å²) in [7, 11) is 1.69. The molecule has 0 N–H and O–H groups in total. The van der Waals surface area contributed by atoms with Crippen molar-refractivity contribution >= 4 is 5.91 Å². The van der Waals surface area contributed by atoms with Crippen LogP contribution in [0.2, 0.25) is 0 Å². The third-order valence-electron chi connectivity index (χ3n) is 2.85. The van der Waals surface area contributed by atoms with Crippen molar-refractivity contribution in [3.8, 4) is 6.07 Å². The zero-order valence-electron chi connectivity index (χ0n) is 10.6. The summed E-state index contributed by atoms with van der Waals surface area (Å²) >= 11 is 0. The lowest BCUT2D eigenvalue weighted by Gasteiger charge is -2.24. The average Bonchev–Trinajstić information content (AvgIpc) is 2.32. The maximum Gasteiger partial charge on any atom is 0.223 e. The number of amides is 1. The highest BCUT2D eigenvalue weighted by molar-refractivity contribution is 5.76. The van der Waals surface area contributed by atoms with E-state index in [4.69, 9.17) is 0 Å². The lowest BCUT2D eigenvalue weighted by atomic mass is 10.0. The van der Waals surface area contributed by atoms with Crippen molar-refractivity contribution in [2.24, 2.45) is 0 Å². The SMILES string of the molecule is CCCC(=O)N(C)C(C#N)c1ccccc1C. The second kappa shape index (κ2) is 6.05. The van der Waals surface area contributed by atoms with Gasteiger partial charge in [-0.1, -0.05) is 31.2 Å². The van der Waals surface area contributed by atoms with Gasteiger partial charge in [0.05, 0.1) is 6.07 Å². The third kappa shape index (κ3) is 3.07. The highest BCUT2D eigenvalue weighted by Crippen LogP contribution is 2.22. The van der Waals surface area contributed by atoms with Crippen LogP contribution < -0.4 is 0 Å². The van der Waals surface area contributed by atoms with Crippen LogP contribution in [0, 0.1) is 18.3 Å². The van der Waals surface area contributed by atoms with Gasteiger partial charge in [0.1, 0.15) is 6.04 Å². The second-order valence-corrected chi connectivity index (χ2v) is 4.14. The first kappa shape index (κ1) is 13.2. The first-order valence-electron chi connectivity index (χ1n) is 5.82. The highest BCUT2D eigenvalue weighted by Gasteiger charge is 2.21. The summed E-state index contributed by atoms with van der Waals surface area (Å²) in [6, 6.07) is 9.40. The summed E-state index contributed by atoms with van der Waals surface area (Å²) in [6.07, 6.45) is 1.29. The van der Waals surface area contributed by atoms with Crippen LogP contribution in [-0.2, 0) is 4.79 Å². The fourth-order valence-electron chi connectivity index (χ4n) is 1.79. The van der Waals surface area contributed by atoms with Crippen LogP contribution in [0.4, 0.5) is 0 Å². The zero-order chi connectivity index (χ0) is 12.8. The summed E-state index contributed by atoms with van der Waals surface area (Å²) in [4.78, 5) is 13.3. The average molecular weight is 230 g/mol. The van der Waals surface area contributed by atoms with E-state index < -0.39 is 6.04 Å². The maximum absolute atomic E-state index is 11.8. The predicted octanol–water partition coefficient (Wildman–Crippen LogP) is 2.82. The van der Waals surface area contributed by atoms with Crippen molar-refractivity contribution in [1.82, 2.24) is 4.90 Å². The standard InChI is InChI=1S/C14H18N2O/c1-4-7-14(17)16(3)13(10-15)12-9-6-5-8-11(12)2/h5-6,8-9,13H,4,7H2,1-3H3. The molecule has 0 aromatic heterocycles. The minimum absolute atomic E-state index is 0.0160. The first-order chi connectivity index (χ1) is 8.11. The van der Waals surface area contributed by atoms with E-state index in [-0.39, 0.29) is 5.91 Å². The Bertz CT molecular complexity index is 434. The van der Waals surface area contributed by atoms with Crippen molar-refractivity contribution in [1.29, 1.82) is 5.26 Å². The quantitative estimate of drug-likeness (QED) is 0.798. The molecule has 0 radical (unpaired) electrons. The number of carbonyl (C=O) groups excluding carboxylic acids is 1. The first-order valence-corrected chi connectivity index (χ1v) is 5.82. The number of hydrogen-bond acceptors (Lipinski definition) is 2. The van der Waals surface area contributed by atoms with E-state index in [9.17, 15) is 10.1 Å². The molecule has 0 bridgehead atoms. The fourth-order valence-corrected chi connectivity index (χ4v) is 1.79. The van der Waals surface area contributed by atoms with Gasteiger partial charge in [-0.3, -0.25) is 4.79 Å². The molecule has 0 aliphatic carbocycles. The summed E-state index contributed by atoms with van der Waals surface area (Å²) in [6.45, 7) is 3.92. The van der Waals surface area contributed by atoms with Gasteiger partial charge < -0.3 is 4.90 Å². The summed E-state index contributed by atoms with van der Waals surface area (Å²) in [5.41, 5.74) is 1.94. The molecule has 3 heteroatoms. The molecule has 1 rings (SSSR count). The number of nitrogens with zero attached hydrogens (tertiary/aromatic N) is 2. The van der Waals surface area contributed by atoms with Gasteiger partial charge >= 0.3 is 0 Å². The van der Waals surface area contributed by atoms with E-state index in [0.717, 1.165) is 17.5 Å². The Balaban J connectivity index is 2.97. The Morgan fingerprint density at radius 1 is 1.47 bits per heavy atom. The number of nitriles is 1. The minimum atomic E-state index is -0.491. The monoisotopic (exact) mass is 230 g/mol. The number of aryl methyl sites for hydroxylation is 1. The molecule has 1 atom stereocenters. The second-order valence-electron chi connectivity index (χ2n) is 4.14. The predicted molar refractivity (Wildman–Crippen MR) is 67.2 cm³/mol. The largest absolute Gasteiger partial charge is 0.326 e. The maximum atomic E-state index is 11.8. The Kier molecular flexibility index (Phi) is 4.71. The van der Waals surface area contributed by atoms with E-state index in [1.54, 1.807) is 7.05 Å². The van der Waals surface area contributed by atoms with Gasteiger partial charge in [-0.25, -0.2) is 0 Å². The molecule has 17 heavy (non-hydrogen) atoms. The van der Waals surface area contributed by atoms with Crippen molar-refractivity contribution in [3.63, 3.8) is 0 Å². The smallest absolute Gasteiger partial charge is 0.223 e. The molecule has 0 aliphatic rings. The molecule has 0 saturated carbocycles. The van der Waals surface area contributed by atoms with Gasteiger partial charge in [0.15, 0.2) is 0 Å². The molecular formula is C14H18N2O. The molecule has 1 unspecified atom stereocenters. The minimum Gasteiger partial charge on any atom is -0.326 e. The summed E-state index contributed by atoms with van der Waals surface area (Å²) in [5, 5.41) is 9.25. The van der Waals surface area contributed by atoms with Gasteiger partial charge in [-0.15, -0.1) is 0 Å². The van der Waals surface area contributed by atoms with E-state index in [1.165, 1.54) is 4.90 Å². The van der Waals surface area contributed by atoms with E-state index in [1.807, 2.05) is 38.1 Å². The molecule has 1 aromatic carbocycles. The number of carbonyl (C=O) groups is 1. The zero-order valence-corrected chi connectivity index (χ0v) is 10.6. The van der Waals surface area contributed by atoms with Crippen molar-refractivity contribution in [2.75, 3.05) is 7.05 Å². The molecule has 0 heterocycles.